The molecular weight excluding hydrogens is 368 g/mol. The number of fused-ring (bicyclic) bond motifs is 3. The average Bonchev–Trinajstić information content (AvgIpc) is 2.79. The van der Waals surface area contributed by atoms with E-state index in [1.165, 1.54) is 20.9 Å². The normalized spacial score (nSPS) is 12.4. The summed E-state index contributed by atoms with van der Waals surface area (Å²) >= 11 is 3.52. The lowest BCUT2D eigenvalue weighted by atomic mass is 10.1. The Balaban J connectivity index is 1.68. The third-order valence-corrected chi connectivity index (χ3v) is 6.79. The Morgan fingerprint density at radius 2 is 1.04 bits per heavy atom. The van der Waals surface area contributed by atoms with Gasteiger partial charge in [0.15, 0.2) is 0 Å². The summed E-state index contributed by atoms with van der Waals surface area (Å²) in [4.78, 5) is 4.75. The van der Waals surface area contributed by atoms with Crippen molar-refractivity contribution in [1.29, 1.82) is 0 Å². The Morgan fingerprint density at radius 3 is 1.81 bits per heavy atom. The predicted molar refractivity (Wildman–Crippen MR) is 113 cm³/mol. The number of para-hydroxylation sites is 1. The van der Waals surface area contributed by atoms with Gasteiger partial charge < -0.3 is 4.74 Å². The molecule has 1 aliphatic heterocycles. The van der Waals surface area contributed by atoms with Gasteiger partial charge in [-0.1, -0.05) is 84.2 Å². The molecule has 1 aliphatic rings. The molecule has 1 nitrogen and oxygen atoms in total. The van der Waals surface area contributed by atoms with Gasteiger partial charge in [-0.15, -0.1) is 0 Å². The topological polar surface area (TPSA) is 9.23 Å². The van der Waals surface area contributed by atoms with Gasteiger partial charge in [-0.2, -0.15) is 0 Å². The number of benzene rings is 4. The van der Waals surface area contributed by atoms with Crippen LogP contribution in [0.1, 0.15) is 0 Å². The largest absolute Gasteiger partial charge is 0.455 e. The van der Waals surface area contributed by atoms with E-state index < -0.39 is 0 Å². The molecule has 0 amide bonds. The van der Waals surface area contributed by atoms with Gasteiger partial charge in [0.2, 0.25) is 0 Å². The molecule has 3 heteroatoms. The van der Waals surface area contributed by atoms with Gasteiger partial charge >= 0.3 is 0 Å². The highest BCUT2D eigenvalue weighted by molar-refractivity contribution is 8.02. The molecule has 4 aromatic carbocycles. The van der Waals surface area contributed by atoms with Crippen LogP contribution >= 0.6 is 23.5 Å². The first-order valence-corrected chi connectivity index (χ1v) is 10.4. The monoisotopic (exact) mass is 384 g/mol. The van der Waals surface area contributed by atoms with Gasteiger partial charge in [-0.3, -0.25) is 0 Å². The van der Waals surface area contributed by atoms with Crippen molar-refractivity contribution >= 4 is 23.5 Å². The van der Waals surface area contributed by atoms with Gasteiger partial charge in [-0.25, -0.2) is 0 Å². The quantitative estimate of drug-likeness (QED) is 0.292. The zero-order chi connectivity index (χ0) is 18.1. The van der Waals surface area contributed by atoms with E-state index >= 15 is 0 Å². The number of ether oxygens (including phenoxy) is 1. The van der Waals surface area contributed by atoms with E-state index in [0.29, 0.717) is 0 Å². The molecule has 0 bridgehead atoms. The Bertz CT molecular complexity index is 1100. The van der Waals surface area contributed by atoms with Crippen molar-refractivity contribution in [2.45, 2.75) is 19.6 Å². The maximum atomic E-state index is 6.34. The van der Waals surface area contributed by atoms with Crippen molar-refractivity contribution in [1.82, 2.24) is 0 Å². The van der Waals surface area contributed by atoms with Crippen LogP contribution in [0.4, 0.5) is 0 Å². The minimum Gasteiger partial charge on any atom is -0.455 e. The van der Waals surface area contributed by atoms with E-state index in [4.69, 9.17) is 4.74 Å². The summed E-state index contributed by atoms with van der Waals surface area (Å²) in [5, 5.41) is 0. The number of hydrogen-bond acceptors (Lipinski definition) is 3. The minimum absolute atomic E-state index is 0.893. The molecule has 0 saturated heterocycles. The smallest absolute Gasteiger partial charge is 0.141 e. The SMILES string of the molecule is c1ccc(-c2ccc3c(c2)Sc2ccccc2Sc2ccccc2O3)cc1. The zero-order valence-corrected chi connectivity index (χ0v) is 16.1. The van der Waals surface area contributed by atoms with E-state index in [1.54, 1.807) is 23.5 Å². The fraction of sp³-hybridized carbons (Fsp3) is 0. The van der Waals surface area contributed by atoms with Crippen LogP contribution in [-0.4, -0.2) is 0 Å². The van der Waals surface area contributed by atoms with E-state index in [2.05, 4.69) is 78.9 Å². The van der Waals surface area contributed by atoms with Gasteiger partial charge in [0.25, 0.3) is 0 Å². The average molecular weight is 385 g/mol. The van der Waals surface area contributed by atoms with Gasteiger partial charge in [-0.05, 0) is 47.5 Å². The Labute approximate surface area is 167 Å². The predicted octanol–water partition coefficient (Wildman–Crippen LogP) is 7.76. The molecule has 0 aliphatic carbocycles. The Kier molecular flexibility index (Phi) is 4.40. The van der Waals surface area contributed by atoms with E-state index in [-0.39, 0.29) is 0 Å². The molecule has 0 saturated carbocycles. The Hall–Kier alpha value is -2.62. The van der Waals surface area contributed by atoms with Crippen LogP contribution in [-0.2, 0) is 0 Å². The van der Waals surface area contributed by atoms with Crippen LogP contribution < -0.4 is 4.74 Å². The zero-order valence-electron chi connectivity index (χ0n) is 14.5. The summed E-state index contributed by atoms with van der Waals surface area (Å²) in [6, 6.07) is 33.7. The van der Waals surface area contributed by atoms with Crippen molar-refractivity contribution in [2.24, 2.45) is 0 Å². The van der Waals surface area contributed by atoms with Crippen molar-refractivity contribution in [3.63, 3.8) is 0 Å². The van der Waals surface area contributed by atoms with Gasteiger partial charge in [0, 0.05) is 9.79 Å². The molecule has 1 heterocycles. The fourth-order valence-electron chi connectivity index (χ4n) is 3.08. The fourth-order valence-corrected chi connectivity index (χ4v) is 5.18. The molecule has 0 atom stereocenters. The van der Waals surface area contributed by atoms with Crippen LogP contribution in [0.2, 0.25) is 0 Å². The molecule has 130 valence electrons. The molecule has 0 aromatic heterocycles. The highest BCUT2D eigenvalue weighted by Crippen LogP contribution is 2.48. The van der Waals surface area contributed by atoms with Gasteiger partial charge in [0.1, 0.15) is 11.5 Å². The molecular formula is C24H16OS2. The van der Waals surface area contributed by atoms with Crippen molar-refractivity contribution in [3.05, 3.63) is 97.1 Å². The lowest BCUT2D eigenvalue weighted by Gasteiger charge is -2.13. The lowest BCUT2D eigenvalue weighted by Crippen LogP contribution is -1.89. The van der Waals surface area contributed by atoms with Gasteiger partial charge in [0.05, 0.1) is 9.79 Å². The maximum Gasteiger partial charge on any atom is 0.141 e. The first-order valence-electron chi connectivity index (χ1n) is 8.78. The molecule has 5 rings (SSSR count). The summed E-state index contributed by atoms with van der Waals surface area (Å²) in [6.45, 7) is 0. The highest BCUT2D eigenvalue weighted by atomic mass is 32.2. The summed E-state index contributed by atoms with van der Waals surface area (Å²) in [5.74, 6) is 1.79. The summed E-state index contributed by atoms with van der Waals surface area (Å²) < 4.78 is 6.34. The first-order chi connectivity index (χ1) is 13.4. The van der Waals surface area contributed by atoms with E-state index in [9.17, 15) is 0 Å². The lowest BCUT2D eigenvalue weighted by molar-refractivity contribution is 0.460. The van der Waals surface area contributed by atoms with Crippen LogP contribution in [0.15, 0.2) is 117 Å². The second-order valence-electron chi connectivity index (χ2n) is 6.23. The van der Waals surface area contributed by atoms with Crippen molar-refractivity contribution in [3.8, 4) is 22.6 Å². The highest BCUT2D eigenvalue weighted by Gasteiger charge is 2.17. The summed E-state index contributed by atoms with van der Waals surface area (Å²) in [6.07, 6.45) is 0. The van der Waals surface area contributed by atoms with Crippen LogP contribution in [0.5, 0.6) is 11.5 Å². The van der Waals surface area contributed by atoms with E-state index in [0.717, 1.165) is 21.3 Å². The minimum atomic E-state index is 0.893. The standard InChI is InChI=1S/C24H16OS2/c1-2-8-17(9-3-1)18-14-15-20-24(16-18)27-23-13-7-6-12-22(23)26-21-11-5-4-10-19(21)25-20/h1-16H. The van der Waals surface area contributed by atoms with Crippen LogP contribution in [0.25, 0.3) is 11.1 Å². The Morgan fingerprint density at radius 1 is 0.444 bits per heavy atom. The molecule has 27 heavy (non-hydrogen) atoms. The second-order valence-corrected chi connectivity index (χ2v) is 8.39. The number of rotatable bonds is 1. The van der Waals surface area contributed by atoms with Crippen molar-refractivity contribution in [2.75, 3.05) is 0 Å². The molecule has 0 N–H and O–H groups in total. The molecule has 0 radical (unpaired) electrons. The third-order valence-electron chi connectivity index (χ3n) is 4.41. The molecule has 0 spiro atoms. The van der Waals surface area contributed by atoms with Crippen molar-refractivity contribution < 1.29 is 4.74 Å². The molecule has 0 fully saturated rings. The first kappa shape index (κ1) is 16.5. The number of hydrogen-bond donors (Lipinski definition) is 0. The second kappa shape index (κ2) is 7.18. The molecule has 4 aromatic rings. The van der Waals surface area contributed by atoms with Crippen LogP contribution in [0.3, 0.4) is 0 Å². The summed E-state index contributed by atoms with van der Waals surface area (Å²) in [7, 11) is 0. The van der Waals surface area contributed by atoms with E-state index in [1.807, 2.05) is 18.2 Å². The third kappa shape index (κ3) is 3.36. The summed E-state index contributed by atoms with van der Waals surface area (Å²) in [5.41, 5.74) is 2.41. The maximum absolute atomic E-state index is 6.34. The van der Waals surface area contributed by atoms with Crippen LogP contribution in [0, 0.1) is 0 Å². The molecule has 0 unspecified atom stereocenters.